The van der Waals surface area contributed by atoms with Gasteiger partial charge >= 0.3 is 0 Å². The van der Waals surface area contributed by atoms with Gasteiger partial charge in [0.15, 0.2) is 0 Å². The maximum atomic E-state index is 11.4. The minimum atomic E-state index is -0.588. The lowest BCUT2D eigenvalue weighted by molar-refractivity contribution is -0.132. The Labute approximate surface area is 85.4 Å². The van der Waals surface area contributed by atoms with E-state index in [9.17, 15) is 14.4 Å². The van der Waals surface area contributed by atoms with Crippen molar-refractivity contribution in [2.75, 3.05) is 6.54 Å². The summed E-state index contributed by atoms with van der Waals surface area (Å²) >= 11 is 0. The summed E-state index contributed by atoms with van der Waals surface area (Å²) in [6.07, 6.45) is 4.53. The number of imide groups is 1. The Balaban J connectivity index is 2.29. The van der Waals surface area contributed by atoms with Crippen LogP contribution in [-0.2, 0) is 14.4 Å². The number of nitrogens with zero attached hydrogens (tertiary/aromatic N) is 1. The van der Waals surface area contributed by atoms with Crippen LogP contribution in [0.2, 0.25) is 0 Å². The van der Waals surface area contributed by atoms with E-state index in [1.54, 1.807) is 6.08 Å². The first kappa shape index (κ1) is 9.45. The third-order valence-electron chi connectivity index (χ3n) is 2.25. The summed E-state index contributed by atoms with van der Waals surface area (Å²) in [6.45, 7) is 0.0829. The van der Waals surface area contributed by atoms with Crippen molar-refractivity contribution in [2.24, 2.45) is 11.7 Å². The van der Waals surface area contributed by atoms with Crippen molar-refractivity contribution in [1.29, 1.82) is 0 Å². The van der Waals surface area contributed by atoms with Gasteiger partial charge in [-0.2, -0.15) is 0 Å². The summed E-state index contributed by atoms with van der Waals surface area (Å²) in [5, 5.41) is 2.16. The van der Waals surface area contributed by atoms with Crippen molar-refractivity contribution in [1.82, 2.24) is 10.2 Å². The van der Waals surface area contributed by atoms with Crippen LogP contribution in [0.4, 0.5) is 0 Å². The monoisotopic (exact) mass is 207 g/mol. The molecule has 3 N–H and O–H groups in total. The highest BCUT2D eigenvalue weighted by molar-refractivity contribution is 6.08. The molecule has 0 bridgehead atoms. The Morgan fingerprint density at radius 3 is 2.93 bits per heavy atom. The van der Waals surface area contributed by atoms with E-state index in [2.05, 4.69) is 5.32 Å². The number of carbonyl (C=O) groups excluding carboxylic acids is 3. The first-order valence-electron chi connectivity index (χ1n) is 4.38. The smallest absolute Gasteiger partial charge is 0.274 e. The molecular weight excluding hydrogens is 198 g/mol. The number of carbonyl (C=O) groups is 3. The molecule has 6 heteroatoms. The fourth-order valence-corrected chi connectivity index (χ4v) is 1.50. The zero-order valence-corrected chi connectivity index (χ0v) is 7.77. The topological polar surface area (TPSA) is 92.5 Å². The first-order valence-corrected chi connectivity index (χ1v) is 4.38. The van der Waals surface area contributed by atoms with Crippen molar-refractivity contribution < 1.29 is 14.4 Å². The Kier molecular flexibility index (Phi) is 2.03. The summed E-state index contributed by atoms with van der Waals surface area (Å²) in [7, 11) is 0. The van der Waals surface area contributed by atoms with E-state index in [1.165, 1.54) is 17.2 Å². The quantitative estimate of drug-likeness (QED) is 0.509. The van der Waals surface area contributed by atoms with Gasteiger partial charge < -0.3 is 10.6 Å². The average molecular weight is 207 g/mol. The van der Waals surface area contributed by atoms with Crippen LogP contribution in [0.25, 0.3) is 0 Å². The van der Waals surface area contributed by atoms with Gasteiger partial charge in [-0.25, -0.2) is 0 Å². The highest BCUT2D eigenvalue weighted by Crippen LogP contribution is 2.19. The molecule has 15 heavy (non-hydrogen) atoms. The van der Waals surface area contributed by atoms with Crippen LogP contribution in [0.1, 0.15) is 0 Å². The van der Waals surface area contributed by atoms with Gasteiger partial charge in [-0.05, 0) is 6.08 Å². The zero-order chi connectivity index (χ0) is 11.0. The molecule has 0 spiro atoms. The molecule has 1 atom stereocenters. The summed E-state index contributed by atoms with van der Waals surface area (Å²) in [4.78, 5) is 34.8. The minimum absolute atomic E-state index is 0.0829. The van der Waals surface area contributed by atoms with E-state index in [0.717, 1.165) is 0 Å². The van der Waals surface area contributed by atoms with Crippen molar-refractivity contribution in [3.05, 3.63) is 24.0 Å². The van der Waals surface area contributed by atoms with Crippen molar-refractivity contribution >= 4 is 17.7 Å². The van der Waals surface area contributed by atoms with Crippen molar-refractivity contribution in [3.8, 4) is 0 Å². The number of rotatable bonds is 1. The van der Waals surface area contributed by atoms with Crippen LogP contribution in [0.15, 0.2) is 24.0 Å². The number of amides is 3. The molecule has 1 saturated heterocycles. The maximum Gasteiger partial charge on any atom is 0.274 e. The molecule has 1 unspecified atom stereocenters. The largest absolute Gasteiger partial charge is 0.369 e. The molecule has 2 aliphatic rings. The van der Waals surface area contributed by atoms with Gasteiger partial charge in [0, 0.05) is 6.20 Å². The lowest BCUT2D eigenvalue weighted by Crippen LogP contribution is -2.49. The fraction of sp³-hybridized carbons (Fsp3) is 0.222. The number of nitrogens with one attached hydrogen (secondary N) is 1. The van der Waals surface area contributed by atoms with Crippen LogP contribution >= 0.6 is 0 Å². The van der Waals surface area contributed by atoms with Gasteiger partial charge in [0.25, 0.3) is 5.91 Å². The first-order chi connectivity index (χ1) is 7.08. The van der Waals surface area contributed by atoms with Gasteiger partial charge in [0.2, 0.25) is 11.8 Å². The summed E-state index contributed by atoms with van der Waals surface area (Å²) < 4.78 is 0. The summed E-state index contributed by atoms with van der Waals surface area (Å²) in [6, 6.07) is 0. The Morgan fingerprint density at radius 2 is 2.27 bits per heavy atom. The van der Waals surface area contributed by atoms with Crippen LogP contribution in [0.5, 0.6) is 0 Å². The molecule has 2 aliphatic heterocycles. The number of hydrogen-bond acceptors (Lipinski definition) is 4. The normalized spacial score (nSPS) is 24.4. The number of hydrogen-bond donors (Lipinski definition) is 2. The molecule has 2 heterocycles. The highest BCUT2D eigenvalue weighted by Gasteiger charge is 2.29. The van der Waals surface area contributed by atoms with E-state index in [0.29, 0.717) is 5.70 Å². The average Bonchev–Trinajstić information content (AvgIpc) is 2.16. The molecule has 0 aliphatic carbocycles. The molecular formula is C9H9N3O3. The maximum absolute atomic E-state index is 11.4. The molecule has 3 amide bonds. The molecule has 0 aromatic heterocycles. The van der Waals surface area contributed by atoms with Gasteiger partial charge in [0.05, 0.1) is 5.92 Å². The molecule has 6 nitrogen and oxygen atoms in total. The van der Waals surface area contributed by atoms with Gasteiger partial charge in [-0.3, -0.25) is 19.7 Å². The van der Waals surface area contributed by atoms with Gasteiger partial charge in [-0.1, -0.05) is 6.08 Å². The SMILES string of the molecule is NC(=O)C1C=CN2CC(=O)NC(=O)C2=C1. The lowest BCUT2D eigenvalue weighted by Gasteiger charge is -2.30. The molecule has 0 radical (unpaired) electrons. The number of primary amides is 1. The molecule has 0 aromatic rings. The molecule has 0 aromatic carbocycles. The standard InChI is InChI=1S/C9H9N3O3/c10-8(14)5-1-2-12-4-7(13)11-9(15)6(12)3-5/h1-3,5H,4H2,(H2,10,14)(H,11,13,15). The minimum Gasteiger partial charge on any atom is -0.369 e. The van der Waals surface area contributed by atoms with E-state index >= 15 is 0 Å². The van der Waals surface area contributed by atoms with Gasteiger partial charge in [-0.15, -0.1) is 0 Å². The van der Waals surface area contributed by atoms with Gasteiger partial charge in [0.1, 0.15) is 12.2 Å². The zero-order valence-electron chi connectivity index (χ0n) is 7.77. The van der Waals surface area contributed by atoms with Crippen molar-refractivity contribution in [2.45, 2.75) is 0 Å². The number of nitrogens with two attached hydrogens (primary N) is 1. The number of piperazine rings is 1. The second-order valence-corrected chi connectivity index (χ2v) is 3.33. The Bertz CT molecular complexity index is 411. The molecule has 0 saturated carbocycles. The van der Waals surface area contributed by atoms with E-state index in [-0.39, 0.29) is 12.5 Å². The molecule has 78 valence electrons. The third kappa shape index (κ3) is 1.61. The van der Waals surface area contributed by atoms with Crippen LogP contribution in [0, 0.1) is 5.92 Å². The highest BCUT2D eigenvalue weighted by atomic mass is 16.2. The molecule has 2 rings (SSSR count). The van der Waals surface area contributed by atoms with E-state index in [1.807, 2.05) is 0 Å². The predicted molar refractivity (Wildman–Crippen MR) is 49.8 cm³/mol. The van der Waals surface area contributed by atoms with Crippen LogP contribution in [0.3, 0.4) is 0 Å². The lowest BCUT2D eigenvalue weighted by atomic mass is 10.0. The Morgan fingerprint density at radius 1 is 1.53 bits per heavy atom. The third-order valence-corrected chi connectivity index (χ3v) is 2.25. The Hall–Kier alpha value is -2.11. The van der Waals surface area contributed by atoms with E-state index in [4.69, 9.17) is 5.73 Å². The van der Waals surface area contributed by atoms with Crippen LogP contribution < -0.4 is 11.1 Å². The van der Waals surface area contributed by atoms with Crippen molar-refractivity contribution in [3.63, 3.8) is 0 Å². The summed E-state index contributed by atoms with van der Waals surface area (Å²) in [5.41, 5.74) is 5.40. The van der Waals surface area contributed by atoms with E-state index < -0.39 is 17.7 Å². The number of fused-ring (bicyclic) bond motifs is 1. The summed E-state index contributed by atoms with van der Waals surface area (Å²) in [5.74, 6) is -1.97. The predicted octanol–water partition coefficient (Wildman–Crippen LogP) is -1.54. The fourth-order valence-electron chi connectivity index (χ4n) is 1.50. The second-order valence-electron chi connectivity index (χ2n) is 3.33. The second kappa shape index (κ2) is 3.23. The molecule has 1 fully saturated rings. The van der Waals surface area contributed by atoms with Crippen LogP contribution in [-0.4, -0.2) is 29.2 Å².